The van der Waals surface area contributed by atoms with Crippen molar-refractivity contribution < 1.29 is 9.50 Å². The van der Waals surface area contributed by atoms with Crippen molar-refractivity contribution in [3.8, 4) is 16.9 Å². The minimum Gasteiger partial charge on any atom is -0.396 e. The predicted molar refractivity (Wildman–Crippen MR) is 111 cm³/mol. The quantitative estimate of drug-likeness (QED) is 0.658. The fourth-order valence-electron chi connectivity index (χ4n) is 3.43. The highest BCUT2D eigenvalue weighted by Gasteiger charge is 2.21. The molecular weight excluding hydrogens is 353 g/mol. The number of rotatable bonds is 7. The molecule has 1 aromatic heterocycles. The van der Waals surface area contributed by atoms with Gasteiger partial charge in [0.05, 0.1) is 11.4 Å². The normalized spacial score (nSPS) is 12.0. The van der Waals surface area contributed by atoms with Crippen LogP contribution in [-0.2, 0) is 6.54 Å². The first kappa shape index (κ1) is 20.2. The number of aromatic nitrogens is 2. The molecule has 0 radical (unpaired) electrons. The average Bonchev–Trinajstić information content (AvgIpc) is 3.05. The molecule has 0 aliphatic heterocycles. The molecule has 0 unspecified atom stereocenters. The van der Waals surface area contributed by atoms with E-state index in [-0.39, 0.29) is 17.8 Å². The highest BCUT2D eigenvalue weighted by molar-refractivity contribution is 5.63. The second-order valence-electron chi connectivity index (χ2n) is 8.29. The highest BCUT2D eigenvalue weighted by atomic mass is 19.1. The zero-order valence-corrected chi connectivity index (χ0v) is 17.0. The second-order valence-corrected chi connectivity index (χ2v) is 8.29. The zero-order chi connectivity index (χ0) is 20.3. The van der Waals surface area contributed by atoms with Crippen molar-refractivity contribution in [2.45, 2.75) is 27.3 Å². The summed E-state index contributed by atoms with van der Waals surface area (Å²) >= 11 is 0. The Kier molecular flexibility index (Phi) is 5.96. The summed E-state index contributed by atoms with van der Waals surface area (Å²) < 4.78 is 15.7. The maximum absolute atomic E-state index is 13.8. The van der Waals surface area contributed by atoms with Crippen molar-refractivity contribution in [2.75, 3.05) is 20.2 Å². The SMILES string of the molecule is Cc1cccc(-n2cc(CN(C)CC(C)(C)CO)c(-c3cccc(F)c3)n2)c1. The van der Waals surface area contributed by atoms with E-state index in [0.29, 0.717) is 6.54 Å². The van der Waals surface area contributed by atoms with Crippen molar-refractivity contribution in [1.29, 1.82) is 0 Å². The average molecular weight is 381 g/mol. The Balaban J connectivity index is 1.99. The standard InChI is InChI=1S/C23H28FN3O/c1-17-7-5-10-21(11-17)27-14-19(13-26(4)15-23(2,3)16-28)22(25-27)18-8-6-9-20(24)12-18/h5-12,14,28H,13,15-16H2,1-4H3. The van der Waals surface area contributed by atoms with Gasteiger partial charge in [-0.15, -0.1) is 0 Å². The number of halogens is 1. The van der Waals surface area contributed by atoms with Gasteiger partial charge in [0.15, 0.2) is 0 Å². The summed E-state index contributed by atoms with van der Waals surface area (Å²) in [6.45, 7) is 7.63. The van der Waals surface area contributed by atoms with E-state index in [2.05, 4.69) is 11.0 Å². The third-order valence-corrected chi connectivity index (χ3v) is 4.72. The van der Waals surface area contributed by atoms with Crippen LogP contribution in [0.15, 0.2) is 54.7 Å². The van der Waals surface area contributed by atoms with E-state index in [0.717, 1.165) is 34.6 Å². The van der Waals surface area contributed by atoms with E-state index in [9.17, 15) is 9.50 Å². The van der Waals surface area contributed by atoms with Crippen LogP contribution in [0.5, 0.6) is 0 Å². The van der Waals surface area contributed by atoms with E-state index < -0.39 is 0 Å². The summed E-state index contributed by atoms with van der Waals surface area (Å²) in [6.07, 6.45) is 2.01. The van der Waals surface area contributed by atoms with Crippen LogP contribution in [0, 0.1) is 18.2 Å². The van der Waals surface area contributed by atoms with Gasteiger partial charge >= 0.3 is 0 Å². The van der Waals surface area contributed by atoms with E-state index in [1.165, 1.54) is 12.1 Å². The number of benzene rings is 2. The third-order valence-electron chi connectivity index (χ3n) is 4.72. The molecule has 0 atom stereocenters. The molecule has 0 aliphatic rings. The molecule has 3 rings (SSSR count). The molecule has 0 amide bonds. The molecule has 3 aromatic rings. The zero-order valence-electron chi connectivity index (χ0n) is 17.0. The summed E-state index contributed by atoms with van der Waals surface area (Å²) in [6, 6.07) is 14.7. The molecule has 5 heteroatoms. The van der Waals surface area contributed by atoms with Crippen molar-refractivity contribution in [1.82, 2.24) is 14.7 Å². The van der Waals surface area contributed by atoms with Gasteiger partial charge in [-0.25, -0.2) is 9.07 Å². The maximum Gasteiger partial charge on any atom is 0.123 e. The van der Waals surface area contributed by atoms with Crippen molar-refractivity contribution in [3.63, 3.8) is 0 Å². The lowest BCUT2D eigenvalue weighted by Crippen LogP contribution is -2.33. The lowest BCUT2D eigenvalue weighted by Gasteiger charge is -2.28. The summed E-state index contributed by atoms with van der Waals surface area (Å²) in [5.74, 6) is -0.275. The van der Waals surface area contributed by atoms with Crippen molar-refractivity contribution in [2.24, 2.45) is 5.41 Å². The van der Waals surface area contributed by atoms with E-state index in [4.69, 9.17) is 5.10 Å². The minimum atomic E-state index is -0.275. The molecular formula is C23H28FN3O. The molecule has 148 valence electrons. The van der Waals surface area contributed by atoms with Gasteiger partial charge in [-0.05, 0) is 43.8 Å². The number of aliphatic hydroxyl groups is 1. The van der Waals surface area contributed by atoms with Crippen molar-refractivity contribution >= 4 is 0 Å². The van der Waals surface area contributed by atoms with Crippen LogP contribution >= 0.6 is 0 Å². The number of hydrogen-bond acceptors (Lipinski definition) is 3. The van der Waals surface area contributed by atoms with Gasteiger partial charge in [-0.1, -0.05) is 38.1 Å². The molecule has 0 bridgehead atoms. The number of hydrogen-bond donors (Lipinski definition) is 1. The van der Waals surface area contributed by atoms with Crippen LogP contribution in [0.2, 0.25) is 0 Å². The monoisotopic (exact) mass is 381 g/mol. The fourth-order valence-corrected chi connectivity index (χ4v) is 3.43. The number of nitrogens with zero attached hydrogens (tertiary/aromatic N) is 3. The predicted octanol–water partition coefficient (Wildman–Crippen LogP) is 4.44. The smallest absolute Gasteiger partial charge is 0.123 e. The van der Waals surface area contributed by atoms with Crippen LogP contribution in [0.25, 0.3) is 16.9 Å². The highest BCUT2D eigenvalue weighted by Crippen LogP contribution is 2.26. The Labute approximate surface area is 166 Å². The topological polar surface area (TPSA) is 41.3 Å². The third kappa shape index (κ3) is 4.86. The van der Waals surface area contributed by atoms with E-state index in [1.54, 1.807) is 6.07 Å². The molecule has 0 aliphatic carbocycles. The molecule has 4 nitrogen and oxygen atoms in total. The van der Waals surface area contributed by atoms with Gasteiger partial charge in [0.25, 0.3) is 0 Å². The molecule has 2 aromatic carbocycles. The molecule has 1 heterocycles. The van der Waals surface area contributed by atoms with Gasteiger partial charge in [0, 0.05) is 42.4 Å². The van der Waals surface area contributed by atoms with Crippen LogP contribution < -0.4 is 0 Å². The molecule has 0 fully saturated rings. The lowest BCUT2D eigenvalue weighted by molar-refractivity contribution is 0.112. The Morgan fingerprint density at radius 3 is 2.57 bits per heavy atom. The van der Waals surface area contributed by atoms with Crippen LogP contribution in [-0.4, -0.2) is 40.0 Å². The number of aliphatic hydroxyl groups excluding tert-OH is 1. The molecule has 0 saturated heterocycles. The first-order chi connectivity index (χ1) is 13.3. The maximum atomic E-state index is 13.8. The fraction of sp³-hybridized carbons (Fsp3) is 0.348. The number of aryl methyl sites for hydroxylation is 1. The molecule has 28 heavy (non-hydrogen) atoms. The lowest BCUT2D eigenvalue weighted by atomic mass is 9.94. The van der Waals surface area contributed by atoms with Gasteiger partial charge in [0.2, 0.25) is 0 Å². The first-order valence-corrected chi connectivity index (χ1v) is 9.48. The van der Waals surface area contributed by atoms with Crippen LogP contribution in [0.3, 0.4) is 0 Å². The van der Waals surface area contributed by atoms with E-state index in [1.807, 2.05) is 63.0 Å². The summed E-state index contributed by atoms with van der Waals surface area (Å²) in [4.78, 5) is 2.16. The van der Waals surface area contributed by atoms with E-state index >= 15 is 0 Å². The molecule has 0 saturated carbocycles. The van der Waals surface area contributed by atoms with Gasteiger partial charge in [-0.3, -0.25) is 0 Å². The van der Waals surface area contributed by atoms with Crippen LogP contribution in [0.4, 0.5) is 4.39 Å². The van der Waals surface area contributed by atoms with Crippen molar-refractivity contribution in [3.05, 3.63) is 71.7 Å². The molecule has 0 spiro atoms. The second kappa shape index (κ2) is 8.25. The van der Waals surface area contributed by atoms with Crippen LogP contribution in [0.1, 0.15) is 25.0 Å². The first-order valence-electron chi connectivity index (χ1n) is 9.48. The minimum absolute atomic E-state index is 0.122. The van der Waals surface area contributed by atoms with Gasteiger partial charge in [0.1, 0.15) is 5.82 Å². The largest absolute Gasteiger partial charge is 0.396 e. The summed E-state index contributed by atoms with van der Waals surface area (Å²) in [7, 11) is 2.02. The van der Waals surface area contributed by atoms with Gasteiger partial charge in [-0.2, -0.15) is 5.10 Å². The summed E-state index contributed by atoms with van der Waals surface area (Å²) in [5.41, 5.74) is 4.49. The van der Waals surface area contributed by atoms with Gasteiger partial charge < -0.3 is 10.0 Å². The summed E-state index contributed by atoms with van der Waals surface area (Å²) in [5, 5.41) is 14.3. The Hall–Kier alpha value is -2.50. The Morgan fingerprint density at radius 2 is 1.89 bits per heavy atom. The Bertz CT molecular complexity index is 949. The Morgan fingerprint density at radius 1 is 1.14 bits per heavy atom. The molecule has 1 N–H and O–H groups in total.